The molecule has 0 bridgehead atoms. The van der Waals surface area contributed by atoms with Crippen molar-refractivity contribution in [3.63, 3.8) is 0 Å². The van der Waals surface area contributed by atoms with Gasteiger partial charge in [-0.2, -0.15) is 0 Å². The SMILES string of the molecule is [C-]#COC1=CC(C)=CCC1.[Na+]. The van der Waals surface area contributed by atoms with Crippen molar-refractivity contribution in [2.45, 2.75) is 19.8 Å². The summed E-state index contributed by atoms with van der Waals surface area (Å²) >= 11 is 0. The van der Waals surface area contributed by atoms with Crippen LogP contribution in [0.4, 0.5) is 0 Å². The van der Waals surface area contributed by atoms with Crippen molar-refractivity contribution in [1.29, 1.82) is 0 Å². The van der Waals surface area contributed by atoms with Crippen LogP contribution < -0.4 is 29.6 Å². The monoisotopic (exact) mass is 156 g/mol. The third-order valence-electron chi connectivity index (χ3n) is 1.43. The van der Waals surface area contributed by atoms with Gasteiger partial charge in [0.25, 0.3) is 0 Å². The van der Waals surface area contributed by atoms with E-state index in [0.29, 0.717) is 0 Å². The Balaban J connectivity index is 0.000001000. The molecule has 0 saturated carbocycles. The predicted octanol–water partition coefficient (Wildman–Crippen LogP) is -0.822. The van der Waals surface area contributed by atoms with Gasteiger partial charge in [0, 0.05) is 6.42 Å². The van der Waals surface area contributed by atoms with Crippen molar-refractivity contribution in [2.24, 2.45) is 0 Å². The fourth-order valence-corrected chi connectivity index (χ4v) is 0.973. The molecule has 1 aliphatic carbocycles. The van der Waals surface area contributed by atoms with Gasteiger partial charge in [-0.05, 0) is 19.4 Å². The minimum absolute atomic E-state index is 0. The molecule has 0 atom stereocenters. The molecule has 0 aromatic heterocycles. The Hall–Kier alpha value is -0.160. The van der Waals surface area contributed by atoms with Gasteiger partial charge in [0.05, 0.1) is 0 Å². The molecule has 1 rings (SSSR count). The molecule has 0 aliphatic heterocycles. The summed E-state index contributed by atoms with van der Waals surface area (Å²) < 4.78 is 4.79. The number of hydrogen-bond donors (Lipinski definition) is 0. The summed E-state index contributed by atoms with van der Waals surface area (Å²) in [6.45, 7) is 2.02. The van der Waals surface area contributed by atoms with Gasteiger partial charge in [-0.3, -0.25) is 0 Å². The van der Waals surface area contributed by atoms with Crippen LogP contribution in [0.25, 0.3) is 0 Å². The summed E-state index contributed by atoms with van der Waals surface area (Å²) in [4.78, 5) is 0. The predicted molar refractivity (Wildman–Crippen MR) is 39.3 cm³/mol. The third kappa shape index (κ3) is 3.67. The third-order valence-corrected chi connectivity index (χ3v) is 1.43. The van der Waals surface area contributed by atoms with Crippen molar-refractivity contribution in [1.82, 2.24) is 0 Å². The number of ether oxygens (including phenoxy) is 1. The summed E-state index contributed by atoms with van der Waals surface area (Å²) in [5.74, 6) is 0.843. The molecule has 0 saturated heterocycles. The summed E-state index contributed by atoms with van der Waals surface area (Å²) in [5.41, 5.74) is 1.21. The minimum atomic E-state index is 0. The van der Waals surface area contributed by atoms with Crippen molar-refractivity contribution in [2.75, 3.05) is 0 Å². The normalized spacial score (nSPS) is 15.3. The first kappa shape index (κ1) is 10.8. The van der Waals surface area contributed by atoms with E-state index in [4.69, 9.17) is 11.2 Å². The van der Waals surface area contributed by atoms with Gasteiger partial charge in [-0.15, -0.1) is 6.11 Å². The van der Waals surface area contributed by atoms with Crippen molar-refractivity contribution in [3.05, 3.63) is 29.9 Å². The van der Waals surface area contributed by atoms with Gasteiger partial charge in [-0.25, -0.2) is 0 Å². The molecule has 0 amide bonds. The zero-order chi connectivity index (χ0) is 7.40. The van der Waals surface area contributed by atoms with Crippen LogP contribution in [-0.2, 0) is 4.74 Å². The Labute approximate surface area is 89.8 Å². The Morgan fingerprint density at radius 3 is 2.91 bits per heavy atom. The van der Waals surface area contributed by atoms with Crippen LogP contribution >= 0.6 is 0 Å². The average Bonchev–Trinajstić information content (AvgIpc) is 1.88. The molecule has 1 nitrogen and oxygen atoms in total. The van der Waals surface area contributed by atoms with Crippen LogP contribution in [0.2, 0.25) is 0 Å². The van der Waals surface area contributed by atoms with Crippen LogP contribution in [0.15, 0.2) is 23.5 Å². The van der Waals surface area contributed by atoms with E-state index in [1.165, 1.54) is 5.57 Å². The van der Waals surface area contributed by atoms with Crippen LogP contribution in [0, 0.1) is 12.5 Å². The largest absolute Gasteiger partial charge is 1.00 e. The molecule has 0 heterocycles. The van der Waals surface area contributed by atoms with Crippen LogP contribution in [0.5, 0.6) is 0 Å². The second-order valence-electron chi connectivity index (χ2n) is 2.30. The molecule has 0 spiro atoms. The Kier molecular flexibility index (Phi) is 5.41. The zero-order valence-corrected chi connectivity index (χ0v) is 8.98. The number of rotatable bonds is 1. The first-order valence-electron chi connectivity index (χ1n) is 3.29. The van der Waals surface area contributed by atoms with Gasteiger partial charge < -0.3 is 11.2 Å². The fraction of sp³-hybridized carbons (Fsp3) is 0.333. The van der Waals surface area contributed by atoms with E-state index >= 15 is 0 Å². The molecular formula is C9H9NaO. The summed E-state index contributed by atoms with van der Waals surface area (Å²) in [6, 6.07) is 0. The van der Waals surface area contributed by atoms with E-state index in [-0.39, 0.29) is 29.6 Å². The molecule has 11 heavy (non-hydrogen) atoms. The fourth-order valence-electron chi connectivity index (χ4n) is 0.973. The van der Waals surface area contributed by atoms with Gasteiger partial charge in [0.15, 0.2) is 0 Å². The molecule has 0 aromatic carbocycles. The van der Waals surface area contributed by atoms with Crippen molar-refractivity contribution >= 4 is 0 Å². The maximum absolute atomic E-state index is 6.57. The smallest absolute Gasteiger partial charge is 0.647 e. The second-order valence-corrected chi connectivity index (χ2v) is 2.30. The Bertz CT molecular complexity index is 220. The second kappa shape index (κ2) is 5.49. The number of hydrogen-bond acceptors (Lipinski definition) is 1. The summed E-state index contributed by atoms with van der Waals surface area (Å²) in [6.07, 6.45) is 14.5. The molecule has 0 radical (unpaired) electrons. The molecular weight excluding hydrogens is 147 g/mol. The molecule has 1 aliphatic rings. The summed E-state index contributed by atoms with van der Waals surface area (Å²) in [7, 11) is 0. The van der Waals surface area contributed by atoms with Crippen LogP contribution in [-0.4, -0.2) is 0 Å². The van der Waals surface area contributed by atoms with Crippen LogP contribution in [0.1, 0.15) is 19.8 Å². The topological polar surface area (TPSA) is 9.23 Å². The van der Waals surface area contributed by atoms with Crippen molar-refractivity contribution < 1.29 is 34.3 Å². The van der Waals surface area contributed by atoms with Gasteiger partial charge in [-0.1, -0.05) is 11.6 Å². The quantitative estimate of drug-likeness (QED) is 0.274. The van der Waals surface area contributed by atoms with E-state index in [9.17, 15) is 0 Å². The number of allylic oxidation sites excluding steroid dienone is 4. The standard InChI is InChI=1S/C9H9O.Na/c1-3-10-9-6-4-5-8(2)7-9;/h5,7H,4,6H2,2H3;/q-1;+1. The molecule has 0 unspecified atom stereocenters. The van der Waals surface area contributed by atoms with Crippen molar-refractivity contribution in [3.8, 4) is 6.11 Å². The van der Waals surface area contributed by atoms with E-state index < -0.39 is 0 Å². The summed E-state index contributed by atoms with van der Waals surface area (Å²) in [5, 5.41) is 0. The Morgan fingerprint density at radius 1 is 1.64 bits per heavy atom. The molecule has 52 valence electrons. The van der Waals surface area contributed by atoms with Gasteiger partial charge in [0.2, 0.25) is 0 Å². The molecule has 2 heteroatoms. The maximum Gasteiger partial charge on any atom is 1.00 e. The first-order valence-corrected chi connectivity index (χ1v) is 3.29. The molecule has 0 fully saturated rings. The van der Waals surface area contributed by atoms with E-state index in [2.05, 4.69) is 6.08 Å². The molecule has 0 N–H and O–H groups in total. The van der Waals surface area contributed by atoms with E-state index in [1.54, 1.807) is 0 Å². The van der Waals surface area contributed by atoms with E-state index in [0.717, 1.165) is 18.6 Å². The van der Waals surface area contributed by atoms with Gasteiger partial charge >= 0.3 is 29.6 Å². The van der Waals surface area contributed by atoms with Crippen LogP contribution in [0.3, 0.4) is 0 Å². The average molecular weight is 156 g/mol. The minimum Gasteiger partial charge on any atom is -0.647 e. The van der Waals surface area contributed by atoms with E-state index in [1.807, 2.05) is 19.1 Å². The maximum atomic E-state index is 6.57. The Morgan fingerprint density at radius 2 is 2.36 bits per heavy atom. The first-order chi connectivity index (χ1) is 4.83. The van der Waals surface area contributed by atoms with Gasteiger partial charge in [0.1, 0.15) is 5.76 Å². The zero-order valence-electron chi connectivity index (χ0n) is 6.98. The molecule has 0 aromatic rings.